The number of aryl methyl sites for hydroxylation is 1. The summed E-state index contributed by atoms with van der Waals surface area (Å²) in [6.07, 6.45) is 0. The first-order chi connectivity index (χ1) is 9.29. The van der Waals surface area contributed by atoms with E-state index in [1.54, 1.807) is 7.11 Å². The van der Waals surface area contributed by atoms with Gasteiger partial charge in [0.2, 0.25) is 0 Å². The molecule has 0 unspecified atom stereocenters. The Morgan fingerprint density at radius 3 is 2.58 bits per heavy atom. The van der Waals surface area contributed by atoms with Crippen molar-refractivity contribution in [3.05, 3.63) is 59.7 Å². The normalized spacial score (nSPS) is 9.37. The van der Waals surface area contributed by atoms with Gasteiger partial charge in [0.25, 0.3) is 0 Å². The molecule has 0 spiro atoms. The second kappa shape index (κ2) is 6.51. The molecule has 0 bridgehead atoms. The van der Waals surface area contributed by atoms with E-state index in [1.165, 1.54) is 0 Å². The van der Waals surface area contributed by atoms with Gasteiger partial charge in [0.1, 0.15) is 5.75 Å². The topological polar surface area (TPSA) is 21.3 Å². The van der Waals surface area contributed by atoms with Crippen molar-refractivity contribution in [1.82, 2.24) is 0 Å². The van der Waals surface area contributed by atoms with Gasteiger partial charge in [-0.2, -0.15) is 0 Å². The smallest absolute Gasteiger partial charge is 0.119 e. The van der Waals surface area contributed by atoms with E-state index >= 15 is 0 Å². The zero-order valence-corrected chi connectivity index (χ0v) is 11.2. The van der Waals surface area contributed by atoms with Crippen LogP contribution in [0.5, 0.6) is 5.75 Å². The molecule has 0 saturated heterocycles. The van der Waals surface area contributed by atoms with Gasteiger partial charge in [-0.1, -0.05) is 30.0 Å². The highest BCUT2D eigenvalue weighted by atomic mass is 16.5. The summed E-state index contributed by atoms with van der Waals surface area (Å²) in [6.45, 7) is 2.68. The van der Waals surface area contributed by atoms with Crippen LogP contribution in [-0.4, -0.2) is 13.7 Å². The van der Waals surface area contributed by atoms with Crippen LogP contribution in [0.1, 0.15) is 11.1 Å². The number of rotatable bonds is 3. The van der Waals surface area contributed by atoms with Crippen LogP contribution in [0.3, 0.4) is 0 Å². The molecule has 0 heterocycles. The van der Waals surface area contributed by atoms with Crippen molar-refractivity contribution < 1.29 is 4.74 Å². The Kier molecular flexibility index (Phi) is 4.47. The highest BCUT2D eigenvalue weighted by Crippen LogP contribution is 2.20. The molecular weight excluding hydrogens is 234 g/mol. The van der Waals surface area contributed by atoms with Gasteiger partial charge in [0.05, 0.1) is 13.7 Å². The van der Waals surface area contributed by atoms with Crippen molar-refractivity contribution in [2.45, 2.75) is 6.92 Å². The van der Waals surface area contributed by atoms with Crippen molar-refractivity contribution in [2.75, 3.05) is 19.0 Å². The molecule has 96 valence electrons. The third-order valence-electron chi connectivity index (χ3n) is 2.81. The Balaban J connectivity index is 1.95. The van der Waals surface area contributed by atoms with E-state index in [4.69, 9.17) is 4.74 Å². The lowest BCUT2D eigenvalue weighted by Crippen LogP contribution is -2.00. The van der Waals surface area contributed by atoms with Gasteiger partial charge in [-0.15, -0.1) is 0 Å². The van der Waals surface area contributed by atoms with Crippen LogP contribution in [0.2, 0.25) is 0 Å². The quantitative estimate of drug-likeness (QED) is 0.843. The van der Waals surface area contributed by atoms with E-state index in [0.29, 0.717) is 6.54 Å². The minimum Gasteiger partial charge on any atom is -0.497 e. The number of nitrogens with one attached hydrogen (secondary N) is 1. The van der Waals surface area contributed by atoms with Crippen LogP contribution < -0.4 is 10.1 Å². The molecule has 2 heteroatoms. The fourth-order valence-corrected chi connectivity index (χ4v) is 1.77. The third kappa shape index (κ3) is 3.79. The summed E-state index contributed by atoms with van der Waals surface area (Å²) in [6, 6.07) is 15.9. The van der Waals surface area contributed by atoms with E-state index in [2.05, 4.69) is 24.1 Å². The van der Waals surface area contributed by atoms with Crippen LogP contribution in [-0.2, 0) is 0 Å². The largest absolute Gasteiger partial charge is 0.497 e. The SMILES string of the molecule is COc1ccc(NCC#Cc2ccccc2)c(C)c1. The molecule has 2 nitrogen and oxygen atoms in total. The standard InChI is InChI=1S/C17H17NO/c1-14-13-16(19-2)10-11-17(14)18-12-6-9-15-7-4-3-5-8-15/h3-5,7-8,10-11,13,18H,12H2,1-2H3. The number of benzene rings is 2. The van der Waals surface area contributed by atoms with Gasteiger partial charge in [0.15, 0.2) is 0 Å². The summed E-state index contributed by atoms with van der Waals surface area (Å²) in [4.78, 5) is 0. The second-order valence-electron chi connectivity index (χ2n) is 4.20. The van der Waals surface area contributed by atoms with Gasteiger partial charge < -0.3 is 10.1 Å². The number of methoxy groups -OCH3 is 1. The Morgan fingerprint density at radius 2 is 1.89 bits per heavy atom. The van der Waals surface area contributed by atoms with Crippen molar-refractivity contribution >= 4 is 5.69 Å². The first-order valence-electron chi connectivity index (χ1n) is 6.22. The molecule has 0 radical (unpaired) electrons. The molecule has 0 amide bonds. The monoisotopic (exact) mass is 251 g/mol. The van der Waals surface area contributed by atoms with Gasteiger partial charge in [-0.3, -0.25) is 0 Å². The molecule has 2 aromatic rings. The fraction of sp³-hybridized carbons (Fsp3) is 0.176. The number of ether oxygens (including phenoxy) is 1. The van der Waals surface area contributed by atoms with Crippen molar-refractivity contribution in [2.24, 2.45) is 0 Å². The minimum atomic E-state index is 0.627. The molecule has 2 rings (SSSR count). The lowest BCUT2D eigenvalue weighted by molar-refractivity contribution is 0.414. The maximum atomic E-state index is 5.18. The van der Waals surface area contributed by atoms with Crippen LogP contribution in [0.25, 0.3) is 0 Å². The highest BCUT2D eigenvalue weighted by molar-refractivity contribution is 5.54. The van der Waals surface area contributed by atoms with Crippen molar-refractivity contribution in [3.8, 4) is 17.6 Å². The van der Waals surface area contributed by atoms with Crippen LogP contribution in [0.4, 0.5) is 5.69 Å². The molecule has 0 aromatic heterocycles. The highest BCUT2D eigenvalue weighted by Gasteiger charge is 1.98. The maximum Gasteiger partial charge on any atom is 0.119 e. The van der Waals surface area contributed by atoms with Crippen LogP contribution >= 0.6 is 0 Å². The van der Waals surface area contributed by atoms with E-state index in [0.717, 1.165) is 22.6 Å². The summed E-state index contributed by atoms with van der Waals surface area (Å²) >= 11 is 0. The summed E-state index contributed by atoms with van der Waals surface area (Å²) in [5, 5.41) is 3.31. The van der Waals surface area contributed by atoms with Gasteiger partial charge >= 0.3 is 0 Å². The minimum absolute atomic E-state index is 0.627. The summed E-state index contributed by atoms with van der Waals surface area (Å²) in [5.74, 6) is 7.11. The Hall–Kier alpha value is -2.40. The second-order valence-corrected chi connectivity index (χ2v) is 4.20. The number of hydrogen-bond donors (Lipinski definition) is 1. The van der Waals surface area contributed by atoms with E-state index < -0.39 is 0 Å². The lowest BCUT2D eigenvalue weighted by atomic mass is 10.2. The molecule has 2 aromatic carbocycles. The molecule has 0 aliphatic heterocycles. The number of anilines is 1. The molecule has 1 N–H and O–H groups in total. The average Bonchev–Trinajstić information content (AvgIpc) is 2.46. The molecule has 0 fully saturated rings. The molecular formula is C17H17NO. The Bertz CT molecular complexity index is 594. The number of hydrogen-bond acceptors (Lipinski definition) is 2. The third-order valence-corrected chi connectivity index (χ3v) is 2.81. The first-order valence-corrected chi connectivity index (χ1v) is 6.22. The molecule has 0 aliphatic rings. The predicted molar refractivity (Wildman–Crippen MR) is 79.5 cm³/mol. The van der Waals surface area contributed by atoms with Gasteiger partial charge in [-0.05, 0) is 42.8 Å². The first kappa shape index (κ1) is 13.0. The molecule has 0 atom stereocenters. The van der Waals surface area contributed by atoms with Gasteiger partial charge in [0, 0.05) is 11.3 Å². The van der Waals surface area contributed by atoms with E-state index in [9.17, 15) is 0 Å². The predicted octanol–water partition coefficient (Wildman–Crippen LogP) is 3.47. The molecule has 19 heavy (non-hydrogen) atoms. The zero-order valence-electron chi connectivity index (χ0n) is 11.2. The molecule has 0 aliphatic carbocycles. The van der Waals surface area contributed by atoms with E-state index in [-0.39, 0.29) is 0 Å². The van der Waals surface area contributed by atoms with Gasteiger partial charge in [-0.25, -0.2) is 0 Å². The Morgan fingerprint density at radius 1 is 1.11 bits per heavy atom. The van der Waals surface area contributed by atoms with Crippen molar-refractivity contribution in [3.63, 3.8) is 0 Å². The van der Waals surface area contributed by atoms with E-state index in [1.807, 2.05) is 48.5 Å². The average molecular weight is 251 g/mol. The summed E-state index contributed by atoms with van der Waals surface area (Å²) < 4.78 is 5.18. The Labute approximate surface area is 114 Å². The van der Waals surface area contributed by atoms with Crippen LogP contribution in [0.15, 0.2) is 48.5 Å². The van der Waals surface area contributed by atoms with Crippen molar-refractivity contribution in [1.29, 1.82) is 0 Å². The fourth-order valence-electron chi connectivity index (χ4n) is 1.77. The van der Waals surface area contributed by atoms with Crippen LogP contribution in [0, 0.1) is 18.8 Å². The molecule has 0 saturated carbocycles. The summed E-state index contributed by atoms with van der Waals surface area (Å²) in [5.41, 5.74) is 3.28. The zero-order chi connectivity index (χ0) is 13.5. The maximum absolute atomic E-state index is 5.18. The lowest BCUT2D eigenvalue weighted by Gasteiger charge is -2.08. The summed E-state index contributed by atoms with van der Waals surface area (Å²) in [7, 11) is 1.67.